The Bertz CT molecular complexity index is 982. The fourth-order valence-electron chi connectivity index (χ4n) is 2.67. The van der Waals surface area contributed by atoms with Gasteiger partial charge in [-0.15, -0.1) is 0 Å². The third kappa shape index (κ3) is 4.43. The average molecular weight is 404 g/mol. The molecule has 27 heavy (non-hydrogen) atoms. The number of benzene rings is 2. The second-order valence-electron chi connectivity index (χ2n) is 6.20. The van der Waals surface area contributed by atoms with E-state index in [9.17, 15) is 4.79 Å². The Morgan fingerprint density at radius 3 is 2.48 bits per heavy atom. The molecule has 2 aromatic carbocycles. The summed E-state index contributed by atoms with van der Waals surface area (Å²) in [4.78, 5) is 12.3. The molecule has 3 rings (SSSR count). The molecule has 0 fully saturated rings. The summed E-state index contributed by atoms with van der Waals surface area (Å²) in [6.07, 6.45) is 0. The minimum Gasteiger partial charge on any atom is -0.482 e. The van der Waals surface area contributed by atoms with Crippen LogP contribution in [0.2, 0.25) is 10.0 Å². The van der Waals surface area contributed by atoms with Crippen molar-refractivity contribution in [3.63, 3.8) is 0 Å². The predicted octanol–water partition coefficient (Wildman–Crippen LogP) is 5.12. The topological polar surface area (TPSA) is 56.2 Å². The molecule has 0 aliphatic carbocycles. The van der Waals surface area contributed by atoms with Crippen LogP contribution in [0.5, 0.6) is 5.75 Å². The summed E-state index contributed by atoms with van der Waals surface area (Å²) in [6, 6.07) is 12.9. The van der Waals surface area contributed by atoms with Gasteiger partial charge in [-0.05, 0) is 51.1 Å². The number of rotatable bonds is 5. The quantitative estimate of drug-likeness (QED) is 0.642. The van der Waals surface area contributed by atoms with Gasteiger partial charge in [0, 0.05) is 5.02 Å². The van der Waals surface area contributed by atoms with Crippen molar-refractivity contribution in [2.75, 3.05) is 11.9 Å². The minimum atomic E-state index is -0.296. The molecule has 0 saturated heterocycles. The molecule has 7 heteroatoms. The summed E-state index contributed by atoms with van der Waals surface area (Å²) in [7, 11) is 0. The van der Waals surface area contributed by atoms with Crippen molar-refractivity contribution in [3.05, 3.63) is 69.5 Å². The molecular weight excluding hydrogens is 385 g/mol. The normalized spacial score (nSPS) is 10.7. The van der Waals surface area contributed by atoms with Crippen LogP contribution >= 0.6 is 23.2 Å². The van der Waals surface area contributed by atoms with Crippen LogP contribution < -0.4 is 10.1 Å². The van der Waals surface area contributed by atoms with Gasteiger partial charge in [-0.3, -0.25) is 4.79 Å². The number of nitrogens with zero attached hydrogens (tertiary/aromatic N) is 2. The van der Waals surface area contributed by atoms with E-state index < -0.39 is 0 Å². The van der Waals surface area contributed by atoms with E-state index in [1.54, 1.807) is 22.9 Å². The molecule has 5 nitrogen and oxygen atoms in total. The lowest BCUT2D eigenvalue weighted by Crippen LogP contribution is -2.21. The Balaban J connectivity index is 1.71. The summed E-state index contributed by atoms with van der Waals surface area (Å²) >= 11 is 11.9. The zero-order valence-electron chi connectivity index (χ0n) is 15.2. The van der Waals surface area contributed by atoms with E-state index in [0.717, 1.165) is 17.1 Å². The fourth-order valence-corrected chi connectivity index (χ4v) is 3.14. The number of hydrogen-bond donors (Lipinski definition) is 1. The number of anilines is 1. The van der Waals surface area contributed by atoms with Crippen LogP contribution in [0.4, 0.5) is 5.69 Å². The van der Waals surface area contributed by atoms with Crippen LogP contribution in [0.1, 0.15) is 17.0 Å². The van der Waals surface area contributed by atoms with Crippen LogP contribution in [-0.4, -0.2) is 22.3 Å². The van der Waals surface area contributed by atoms with E-state index in [0.29, 0.717) is 21.5 Å². The highest BCUT2D eigenvalue weighted by Crippen LogP contribution is 2.28. The zero-order chi connectivity index (χ0) is 19.6. The Labute approximate surface area is 167 Å². The van der Waals surface area contributed by atoms with E-state index in [1.165, 1.54) is 5.56 Å². The number of aryl methyl sites for hydroxylation is 2. The third-order valence-electron chi connectivity index (χ3n) is 4.09. The van der Waals surface area contributed by atoms with Crippen molar-refractivity contribution >= 4 is 34.8 Å². The first-order valence-electron chi connectivity index (χ1n) is 8.36. The van der Waals surface area contributed by atoms with Crippen molar-refractivity contribution < 1.29 is 9.53 Å². The number of hydrogen-bond acceptors (Lipinski definition) is 3. The maximum atomic E-state index is 12.3. The highest BCUT2D eigenvalue weighted by molar-refractivity contribution is 6.35. The van der Waals surface area contributed by atoms with E-state index >= 15 is 0 Å². The lowest BCUT2D eigenvalue weighted by Gasteiger charge is -2.10. The first kappa shape index (κ1) is 19.3. The second kappa shape index (κ2) is 8.03. The Morgan fingerprint density at radius 1 is 1.11 bits per heavy atom. The van der Waals surface area contributed by atoms with Gasteiger partial charge in [-0.1, -0.05) is 40.9 Å². The van der Waals surface area contributed by atoms with Crippen molar-refractivity contribution in [2.24, 2.45) is 0 Å². The van der Waals surface area contributed by atoms with Gasteiger partial charge in [0.1, 0.15) is 5.75 Å². The molecule has 140 valence electrons. The molecule has 0 radical (unpaired) electrons. The molecule has 0 aliphatic rings. The standard InChI is InChI=1S/C20H19Cl2N3O2/c1-12-4-7-16(8-5-12)25-14(3)20(13(2)24-25)23-19(26)11-27-18-9-6-15(21)10-17(18)22/h4-10H,11H2,1-3H3,(H,23,26). The highest BCUT2D eigenvalue weighted by atomic mass is 35.5. The fraction of sp³-hybridized carbons (Fsp3) is 0.200. The van der Waals surface area contributed by atoms with Gasteiger partial charge in [-0.25, -0.2) is 4.68 Å². The second-order valence-corrected chi connectivity index (χ2v) is 7.05. The lowest BCUT2D eigenvalue weighted by atomic mass is 10.2. The first-order chi connectivity index (χ1) is 12.8. The number of carbonyl (C=O) groups is 1. The molecule has 0 aliphatic heterocycles. The van der Waals surface area contributed by atoms with Crippen LogP contribution in [0, 0.1) is 20.8 Å². The van der Waals surface area contributed by atoms with Gasteiger partial charge in [0.25, 0.3) is 5.91 Å². The van der Waals surface area contributed by atoms with Gasteiger partial charge in [0.15, 0.2) is 6.61 Å². The first-order valence-corrected chi connectivity index (χ1v) is 9.11. The Kier molecular flexibility index (Phi) is 5.73. The molecule has 0 atom stereocenters. The molecule has 0 bridgehead atoms. The van der Waals surface area contributed by atoms with Gasteiger partial charge >= 0.3 is 0 Å². The van der Waals surface area contributed by atoms with Crippen LogP contribution in [0.3, 0.4) is 0 Å². The van der Waals surface area contributed by atoms with Gasteiger partial charge in [-0.2, -0.15) is 5.10 Å². The molecule has 0 unspecified atom stereocenters. The van der Waals surface area contributed by atoms with E-state index in [-0.39, 0.29) is 12.5 Å². The monoisotopic (exact) mass is 403 g/mol. The number of aromatic nitrogens is 2. The van der Waals surface area contributed by atoms with Crippen LogP contribution in [-0.2, 0) is 4.79 Å². The largest absolute Gasteiger partial charge is 0.482 e. The molecule has 1 N–H and O–H groups in total. The Hall–Kier alpha value is -2.50. The van der Waals surface area contributed by atoms with Gasteiger partial charge in [0.2, 0.25) is 0 Å². The minimum absolute atomic E-state index is 0.171. The number of carbonyl (C=O) groups excluding carboxylic acids is 1. The van der Waals surface area contributed by atoms with E-state index in [1.807, 2.05) is 45.0 Å². The van der Waals surface area contributed by atoms with Crippen LogP contribution in [0.15, 0.2) is 42.5 Å². The maximum Gasteiger partial charge on any atom is 0.262 e. The molecule has 0 spiro atoms. The van der Waals surface area contributed by atoms with Crippen molar-refractivity contribution in [2.45, 2.75) is 20.8 Å². The highest BCUT2D eigenvalue weighted by Gasteiger charge is 2.16. The molecular formula is C20H19Cl2N3O2. The summed E-state index contributed by atoms with van der Waals surface area (Å²) < 4.78 is 7.29. The summed E-state index contributed by atoms with van der Waals surface area (Å²) in [6.45, 7) is 5.62. The van der Waals surface area contributed by atoms with Crippen molar-refractivity contribution in [1.82, 2.24) is 9.78 Å². The smallest absolute Gasteiger partial charge is 0.262 e. The molecule has 3 aromatic rings. The molecule has 1 aromatic heterocycles. The lowest BCUT2D eigenvalue weighted by molar-refractivity contribution is -0.118. The molecule has 1 heterocycles. The van der Waals surface area contributed by atoms with Gasteiger partial charge < -0.3 is 10.1 Å². The maximum absolute atomic E-state index is 12.3. The Morgan fingerprint density at radius 2 is 1.81 bits per heavy atom. The summed E-state index contributed by atoms with van der Waals surface area (Å²) in [5, 5.41) is 8.26. The average Bonchev–Trinajstić information content (AvgIpc) is 2.90. The van der Waals surface area contributed by atoms with E-state index in [4.69, 9.17) is 27.9 Å². The zero-order valence-corrected chi connectivity index (χ0v) is 16.7. The predicted molar refractivity (Wildman–Crippen MR) is 108 cm³/mol. The molecule has 1 amide bonds. The van der Waals surface area contributed by atoms with E-state index in [2.05, 4.69) is 10.4 Å². The number of ether oxygens (including phenoxy) is 1. The molecule has 0 saturated carbocycles. The number of halogens is 2. The third-order valence-corrected chi connectivity index (χ3v) is 4.62. The van der Waals surface area contributed by atoms with Crippen LogP contribution in [0.25, 0.3) is 5.69 Å². The van der Waals surface area contributed by atoms with Gasteiger partial charge in [0.05, 0.1) is 27.8 Å². The number of nitrogens with one attached hydrogen (secondary N) is 1. The summed E-state index contributed by atoms with van der Waals surface area (Å²) in [5.74, 6) is 0.107. The summed E-state index contributed by atoms with van der Waals surface area (Å²) in [5.41, 5.74) is 4.35. The SMILES string of the molecule is Cc1ccc(-n2nc(C)c(NC(=O)COc3ccc(Cl)cc3Cl)c2C)cc1. The van der Waals surface area contributed by atoms with Crippen molar-refractivity contribution in [1.29, 1.82) is 0 Å². The number of amides is 1. The van der Waals surface area contributed by atoms with Crippen molar-refractivity contribution in [3.8, 4) is 11.4 Å².